The first-order chi connectivity index (χ1) is 20.1. The van der Waals surface area contributed by atoms with Gasteiger partial charge >= 0.3 is 5.91 Å². The number of thiazole rings is 1. The van der Waals surface area contributed by atoms with Crippen LogP contribution < -0.4 is 15.2 Å². The number of carbonyl (C=O) groups excluding carboxylic acids is 2. The van der Waals surface area contributed by atoms with E-state index in [1.54, 1.807) is 43.5 Å². The Hall–Kier alpha value is -5.41. The smallest absolute Gasteiger partial charge is 0.303 e. The number of amides is 1. The van der Waals surface area contributed by atoms with Crippen molar-refractivity contribution in [2.24, 2.45) is 10.2 Å². The summed E-state index contributed by atoms with van der Waals surface area (Å²) in [6.45, 7) is 0. The van der Waals surface area contributed by atoms with Gasteiger partial charge in [0.2, 0.25) is 5.13 Å². The molecule has 1 aliphatic rings. The summed E-state index contributed by atoms with van der Waals surface area (Å²) in [4.78, 5) is 31.0. The standard InChI is InChI=1S/C32H23N5O3S/c1-40-26-18-14-21(15-19-26)27-20-41-32(33-27)37-31(39)29(28(36-37)22-8-4-2-5-9-22)35-34-25-16-12-24(13-17-25)30(38)23-10-6-3-7-11-23/h2-20,34H,1H3/b35-29-. The fourth-order valence-corrected chi connectivity index (χ4v) is 5.02. The van der Waals surface area contributed by atoms with Crippen molar-refractivity contribution in [2.45, 2.75) is 0 Å². The second-order valence-corrected chi connectivity index (χ2v) is 9.86. The Morgan fingerprint density at radius 3 is 2.17 bits per heavy atom. The largest absolute Gasteiger partial charge is 0.497 e. The Bertz CT molecular complexity index is 1760. The minimum absolute atomic E-state index is 0.0685. The summed E-state index contributed by atoms with van der Waals surface area (Å²) < 4.78 is 5.24. The number of ether oxygens (including phenoxy) is 1. The Kier molecular flexibility index (Phi) is 7.17. The highest BCUT2D eigenvalue weighted by molar-refractivity contribution is 7.14. The zero-order valence-electron chi connectivity index (χ0n) is 21.9. The molecule has 0 atom stereocenters. The van der Waals surface area contributed by atoms with E-state index in [9.17, 15) is 9.59 Å². The van der Waals surface area contributed by atoms with Crippen LogP contribution in [0.15, 0.2) is 125 Å². The van der Waals surface area contributed by atoms with E-state index in [1.165, 1.54) is 16.3 Å². The van der Waals surface area contributed by atoms with Crippen molar-refractivity contribution in [2.75, 3.05) is 17.5 Å². The van der Waals surface area contributed by atoms with Crippen LogP contribution >= 0.6 is 11.3 Å². The van der Waals surface area contributed by atoms with Gasteiger partial charge in [-0.15, -0.1) is 11.3 Å². The molecule has 1 aliphatic heterocycles. The molecular weight excluding hydrogens is 534 g/mol. The van der Waals surface area contributed by atoms with Gasteiger partial charge in [-0.2, -0.15) is 15.2 Å². The lowest BCUT2D eigenvalue weighted by atomic mass is 10.0. The van der Waals surface area contributed by atoms with Crippen molar-refractivity contribution in [1.29, 1.82) is 0 Å². The van der Waals surface area contributed by atoms with Crippen LogP contribution in [0.5, 0.6) is 5.75 Å². The number of nitrogens with zero attached hydrogens (tertiary/aromatic N) is 4. The molecule has 4 aromatic carbocycles. The Balaban J connectivity index is 1.26. The van der Waals surface area contributed by atoms with E-state index in [4.69, 9.17) is 4.74 Å². The van der Waals surface area contributed by atoms with Gasteiger partial charge in [0, 0.05) is 27.6 Å². The van der Waals surface area contributed by atoms with E-state index in [0.717, 1.165) is 22.6 Å². The summed E-state index contributed by atoms with van der Waals surface area (Å²) >= 11 is 1.32. The second-order valence-electron chi connectivity index (χ2n) is 9.02. The molecule has 1 amide bonds. The zero-order valence-corrected chi connectivity index (χ0v) is 22.7. The highest BCUT2D eigenvalue weighted by Crippen LogP contribution is 2.31. The lowest BCUT2D eigenvalue weighted by Gasteiger charge is -2.07. The molecule has 0 bridgehead atoms. The van der Waals surface area contributed by atoms with Crippen molar-refractivity contribution in [3.63, 3.8) is 0 Å². The van der Waals surface area contributed by atoms with Crippen LogP contribution in [0.1, 0.15) is 21.5 Å². The number of hydrogen-bond donors (Lipinski definition) is 1. The fourth-order valence-electron chi connectivity index (χ4n) is 4.24. The summed E-state index contributed by atoms with van der Waals surface area (Å²) in [5.74, 6) is 0.283. The lowest BCUT2D eigenvalue weighted by Crippen LogP contribution is -2.28. The summed E-state index contributed by atoms with van der Waals surface area (Å²) in [6.07, 6.45) is 0. The average Bonchev–Trinajstić information content (AvgIpc) is 3.65. The maximum atomic E-state index is 13.6. The number of aromatic nitrogens is 1. The van der Waals surface area contributed by atoms with Crippen LogP contribution in [-0.2, 0) is 4.79 Å². The topological polar surface area (TPSA) is 96.2 Å². The van der Waals surface area contributed by atoms with Crippen LogP contribution in [0.2, 0.25) is 0 Å². The average molecular weight is 558 g/mol. The van der Waals surface area contributed by atoms with Crippen molar-refractivity contribution in [3.05, 3.63) is 131 Å². The molecule has 9 heteroatoms. The second kappa shape index (κ2) is 11.4. The number of carbonyl (C=O) groups is 2. The van der Waals surface area contributed by atoms with Crippen LogP contribution in [0.3, 0.4) is 0 Å². The third kappa shape index (κ3) is 5.39. The highest BCUT2D eigenvalue weighted by Gasteiger charge is 2.35. The van der Waals surface area contributed by atoms with Gasteiger partial charge in [-0.05, 0) is 48.5 Å². The maximum absolute atomic E-state index is 13.6. The number of hydrogen-bond acceptors (Lipinski definition) is 8. The summed E-state index contributed by atoms with van der Waals surface area (Å²) in [5.41, 5.74) is 7.71. The molecule has 200 valence electrons. The first kappa shape index (κ1) is 25.8. The fraction of sp³-hybridized carbons (Fsp3) is 0.0312. The van der Waals surface area contributed by atoms with Crippen LogP contribution in [-0.4, -0.2) is 35.2 Å². The number of benzene rings is 4. The monoisotopic (exact) mass is 557 g/mol. The van der Waals surface area contributed by atoms with E-state index >= 15 is 0 Å². The molecular formula is C32H23N5O3S. The van der Waals surface area contributed by atoms with Crippen molar-refractivity contribution in [3.8, 4) is 17.0 Å². The predicted octanol–water partition coefficient (Wildman–Crippen LogP) is 6.27. The third-order valence-corrected chi connectivity index (χ3v) is 7.22. The first-order valence-corrected chi connectivity index (χ1v) is 13.6. The van der Waals surface area contributed by atoms with Crippen LogP contribution in [0.4, 0.5) is 10.8 Å². The molecule has 2 heterocycles. The minimum Gasteiger partial charge on any atom is -0.497 e. The summed E-state index contributed by atoms with van der Waals surface area (Å²) in [6, 6.07) is 33.0. The molecule has 0 spiro atoms. The predicted molar refractivity (Wildman–Crippen MR) is 162 cm³/mol. The number of ketones is 1. The zero-order chi connectivity index (χ0) is 28.2. The number of methoxy groups -OCH3 is 1. The number of hydrazone groups is 2. The molecule has 6 rings (SSSR count). The molecule has 1 N–H and O–H groups in total. The quantitative estimate of drug-likeness (QED) is 0.179. The summed E-state index contributed by atoms with van der Waals surface area (Å²) in [5, 5.41) is 12.7. The van der Waals surface area contributed by atoms with Gasteiger partial charge in [-0.1, -0.05) is 60.7 Å². The van der Waals surface area contributed by atoms with E-state index in [0.29, 0.717) is 27.7 Å². The SMILES string of the molecule is COc1ccc(-c2csc(N3N=C(c4ccccc4)/C(=N/Nc4ccc(C(=O)c5ccccc5)cc4)C3=O)n2)cc1. The van der Waals surface area contributed by atoms with Crippen LogP contribution in [0, 0.1) is 0 Å². The van der Waals surface area contributed by atoms with Crippen LogP contribution in [0.25, 0.3) is 11.3 Å². The molecule has 0 radical (unpaired) electrons. The van der Waals surface area contributed by atoms with Gasteiger partial charge in [0.1, 0.15) is 11.5 Å². The lowest BCUT2D eigenvalue weighted by molar-refractivity contribution is -0.112. The van der Waals surface area contributed by atoms with Gasteiger partial charge in [0.15, 0.2) is 11.5 Å². The van der Waals surface area contributed by atoms with E-state index < -0.39 is 5.91 Å². The summed E-state index contributed by atoms with van der Waals surface area (Å²) in [7, 11) is 1.62. The van der Waals surface area contributed by atoms with E-state index in [1.807, 2.05) is 78.2 Å². The molecule has 1 aromatic heterocycles. The Morgan fingerprint density at radius 1 is 0.829 bits per heavy atom. The first-order valence-electron chi connectivity index (χ1n) is 12.7. The molecule has 0 fully saturated rings. The van der Waals surface area contributed by atoms with Gasteiger partial charge in [0.05, 0.1) is 18.5 Å². The van der Waals surface area contributed by atoms with Crippen molar-refractivity contribution < 1.29 is 14.3 Å². The molecule has 0 aliphatic carbocycles. The maximum Gasteiger partial charge on any atom is 0.303 e. The third-order valence-electron chi connectivity index (χ3n) is 6.41. The number of nitrogens with one attached hydrogen (secondary N) is 1. The Labute approximate surface area is 240 Å². The van der Waals surface area contributed by atoms with Gasteiger partial charge in [-0.25, -0.2) is 4.98 Å². The molecule has 8 nitrogen and oxygen atoms in total. The molecule has 41 heavy (non-hydrogen) atoms. The molecule has 0 unspecified atom stereocenters. The number of anilines is 2. The Morgan fingerprint density at radius 2 is 1.49 bits per heavy atom. The minimum atomic E-state index is -0.400. The normalized spacial score (nSPS) is 13.8. The molecule has 0 saturated carbocycles. The molecule has 0 saturated heterocycles. The van der Waals surface area contributed by atoms with Crippen molar-refractivity contribution in [1.82, 2.24) is 4.98 Å². The van der Waals surface area contributed by atoms with Gasteiger partial charge in [-0.3, -0.25) is 15.0 Å². The van der Waals surface area contributed by atoms with Gasteiger partial charge < -0.3 is 4.74 Å². The van der Waals surface area contributed by atoms with E-state index in [2.05, 4.69) is 20.6 Å². The highest BCUT2D eigenvalue weighted by atomic mass is 32.1. The molecule has 5 aromatic rings. The van der Waals surface area contributed by atoms with Gasteiger partial charge in [0.25, 0.3) is 0 Å². The van der Waals surface area contributed by atoms with Crippen molar-refractivity contribution >= 4 is 45.3 Å². The van der Waals surface area contributed by atoms with E-state index in [-0.39, 0.29) is 11.5 Å². The number of rotatable bonds is 8.